The fourth-order valence-electron chi connectivity index (χ4n) is 1.70. The summed E-state index contributed by atoms with van der Waals surface area (Å²) in [6, 6.07) is 1.80. The van der Waals surface area contributed by atoms with Gasteiger partial charge in [0.2, 0.25) is 5.95 Å². The number of hydrogen-bond acceptors (Lipinski definition) is 4. The normalized spacial score (nSPS) is 11.2. The van der Waals surface area contributed by atoms with Gasteiger partial charge in [0.15, 0.2) is 0 Å². The summed E-state index contributed by atoms with van der Waals surface area (Å²) in [7, 11) is 1.50. The van der Waals surface area contributed by atoms with Crippen molar-refractivity contribution in [1.29, 1.82) is 0 Å². The summed E-state index contributed by atoms with van der Waals surface area (Å²) >= 11 is 0. The summed E-state index contributed by atoms with van der Waals surface area (Å²) in [5, 5.41) is 11.7. The van der Waals surface area contributed by atoms with Crippen molar-refractivity contribution in [3.05, 3.63) is 35.2 Å². The average molecular weight is 278 g/mol. The molecule has 2 aromatic heterocycles. The van der Waals surface area contributed by atoms with Crippen LogP contribution in [0.15, 0.2) is 17.4 Å². The average Bonchev–Trinajstić information content (AvgIpc) is 2.88. The Kier molecular flexibility index (Phi) is 3.92. The zero-order chi connectivity index (χ0) is 14.7. The van der Waals surface area contributed by atoms with E-state index >= 15 is 0 Å². The van der Waals surface area contributed by atoms with E-state index in [-0.39, 0.29) is 18.0 Å². The van der Waals surface area contributed by atoms with Crippen LogP contribution in [0.1, 0.15) is 17.0 Å². The van der Waals surface area contributed by atoms with Gasteiger partial charge < -0.3 is 0 Å². The molecule has 0 atom stereocenters. The van der Waals surface area contributed by atoms with Gasteiger partial charge in [0.25, 0.3) is 5.91 Å². The lowest BCUT2D eigenvalue weighted by molar-refractivity contribution is -0.121. The van der Waals surface area contributed by atoms with Gasteiger partial charge in [0.05, 0.1) is 23.2 Å². The van der Waals surface area contributed by atoms with Crippen molar-refractivity contribution in [2.24, 2.45) is 12.1 Å². The van der Waals surface area contributed by atoms with Gasteiger partial charge in [-0.3, -0.25) is 9.48 Å². The Morgan fingerprint density at radius 3 is 2.80 bits per heavy atom. The van der Waals surface area contributed by atoms with E-state index in [0.29, 0.717) is 5.69 Å². The van der Waals surface area contributed by atoms with Crippen LogP contribution in [0.5, 0.6) is 0 Å². The molecule has 8 heteroatoms. The van der Waals surface area contributed by atoms with Gasteiger partial charge in [0.1, 0.15) is 6.54 Å². The number of aromatic nitrogens is 4. The van der Waals surface area contributed by atoms with Crippen LogP contribution >= 0.6 is 0 Å². The molecule has 1 amide bonds. The Hall–Kier alpha value is -2.51. The number of hydrogen-bond donors (Lipinski definition) is 1. The molecule has 2 heterocycles. The smallest absolute Gasteiger partial charge is 0.261 e. The molecular weight excluding hydrogens is 263 g/mol. The van der Waals surface area contributed by atoms with Gasteiger partial charge in [-0.2, -0.15) is 19.7 Å². The second kappa shape index (κ2) is 5.64. The number of rotatable bonds is 4. The lowest BCUT2D eigenvalue weighted by Crippen LogP contribution is -2.23. The zero-order valence-corrected chi connectivity index (χ0v) is 11.5. The third-order valence-corrected chi connectivity index (χ3v) is 2.66. The van der Waals surface area contributed by atoms with Crippen LogP contribution in [0.4, 0.5) is 4.39 Å². The second-order valence-electron chi connectivity index (χ2n) is 4.36. The first kappa shape index (κ1) is 13.9. The standard InChI is InChI=1S/C12H15FN6O/c1-8-4-5-19(16-8)7-11(20)15-14-6-10-9(2)17-18(3)12(10)13/h4-6H,7H2,1-3H3,(H,15,20)/b14-6-. The Labute approximate surface area is 115 Å². The number of halogens is 1. The summed E-state index contributed by atoms with van der Waals surface area (Å²) in [5.74, 6) is -0.838. The highest BCUT2D eigenvalue weighted by atomic mass is 19.1. The number of carbonyl (C=O) groups is 1. The minimum absolute atomic E-state index is 0.0552. The maximum Gasteiger partial charge on any atom is 0.261 e. The van der Waals surface area contributed by atoms with Crippen molar-refractivity contribution in [2.75, 3.05) is 0 Å². The van der Waals surface area contributed by atoms with Crippen molar-refractivity contribution in [2.45, 2.75) is 20.4 Å². The van der Waals surface area contributed by atoms with E-state index in [9.17, 15) is 9.18 Å². The van der Waals surface area contributed by atoms with Gasteiger partial charge in [-0.25, -0.2) is 10.1 Å². The highest BCUT2D eigenvalue weighted by Gasteiger charge is 2.10. The molecule has 0 spiro atoms. The number of aryl methyl sites for hydroxylation is 3. The van der Waals surface area contributed by atoms with E-state index in [0.717, 1.165) is 10.4 Å². The van der Waals surface area contributed by atoms with Gasteiger partial charge in [-0.1, -0.05) is 0 Å². The molecule has 2 rings (SSSR count). The minimum atomic E-state index is -0.497. The molecule has 0 bridgehead atoms. The predicted molar refractivity (Wildman–Crippen MR) is 70.6 cm³/mol. The summed E-state index contributed by atoms with van der Waals surface area (Å²) < 4.78 is 16.2. The van der Waals surface area contributed by atoms with Crippen molar-refractivity contribution in [3.8, 4) is 0 Å². The van der Waals surface area contributed by atoms with E-state index in [2.05, 4.69) is 20.7 Å². The lowest BCUT2D eigenvalue weighted by atomic mass is 10.3. The third kappa shape index (κ3) is 3.08. The van der Waals surface area contributed by atoms with Crippen molar-refractivity contribution in [3.63, 3.8) is 0 Å². The number of carbonyl (C=O) groups excluding carboxylic acids is 1. The zero-order valence-electron chi connectivity index (χ0n) is 11.5. The molecule has 1 N–H and O–H groups in total. The third-order valence-electron chi connectivity index (χ3n) is 2.66. The van der Waals surface area contributed by atoms with E-state index < -0.39 is 5.95 Å². The highest BCUT2D eigenvalue weighted by molar-refractivity contribution is 5.83. The molecule has 7 nitrogen and oxygen atoms in total. The maximum atomic E-state index is 13.6. The van der Waals surface area contributed by atoms with Crippen LogP contribution < -0.4 is 5.43 Å². The molecule has 0 fully saturated rings. The number of nitrogens with one attached hydrogen (secondary N) is 1. The topological polar surface area (TPSA) is 77.1 Å². The Bertz CT molecular complexity index is 657. The molecule has 2 aromatic rings. The number of hydrazone groups is 1. The molecule has 0 unspecified atom stereocenters. The van der Waals surface area contributed by atoms with Gasteiger partial charge in [0, 0.05) is 13.2 Å². The molecular formula is C12H15FN6O. The largest absolute Gasteiger partial charge is 0.271 e. The first-order valence-electron chi connectivity index (χ1n) is 5.98. The first-order valence-corrected chi connectivity index (χ1v) is 5.98. The Balaban J connectivity index is 1.94. The van der Waals surface area contributed by atoms with E-state index in [1.807, 2.05) is 6.92 Å². The van der Waals surface area contributed by atoms with Gasteiger partial charge in [-0.05, 0) is 19.9 Å². The molecule has 0 radical (unpaired) electrons. The second-order valence-corrected chi connectivity index (χ2v) is 4.36. The molecule has 0 aliphatic carbocycles. The van der Waals surface area contributed by atoms with Crippen LogP contribution in [0.3, 0.4) is 0 Å². The summed E-state index contributed by atoms with van der Waals surface area (Å²) in [6.45, 7) is 3.55. The van der Waals surface area contributed by atoms with E-state index in [1.54, 1.807) is 19.2 Å². The maximum absolute atomic E-state index is 13.6. The van der Waals surface area contributed by atoms with Crippen molar-refractivity contribution in [1.82, 2.24) is 25.0 Å². The van der Waals surface area contributed by atoms with Crippen LogP contribution in [0.2, 0.25) is 0 Å². The molecule has 0 aromatic carbocycles. The molecule has 20 heavy (non-hydrogen) atoms. The molecule has 0 saturated heterocycles. The highest BCUT2D eigenvalue weighted by Crippen LogP contribution is 2.07. The molecule has 0 aliphatic heterocycles. The Morgan fingerprint density at radius 2 is 2.25 bits per heavy atom. The summed E-state index contributed by atoms with van der Waals surface area (Å²) in [6.07, 6.45) is 2.94. The summed E-state index contributed by atoms with van der Waals surface area (Å²) in [4.78, 5) is 11.6. The fourth-order valence-corrected chi connectivity index (χ4v) is 1.70. The summed E-state index contributed by atoms with van der Waals surface area (Å²) in [5.41, 5.74) is 3.90. The molecule has 106 valence electrons. The van der Waals surface area contributed by atoms with Crippen molar-refractivity contribution < 1.29 is 9.18 Å². The number of nitrogens with zero attached hydrogens (tertiary/aromatic N) is 5. The Morgan fingerprint density at radius 1 is 1.50 bits per heavy atom. The molecule has 0 aliphatic rings. The SMILES string of the molecule is Cc1ccn(CC(=O)N/N=C\c2c(C)nn(C)c2F)n1. The van der Waals surface area contributed by atoms with Crippen LogP contribution in [0.25, 0.3) is 0 Å². The van der Waals surface area contributed by atoms with Gasteiger partial charge >= 0.3 is 0 Å². The van der Waals surface area contributed by atoms with E-state index in [1.165, 1.54) is 17.9 Å². The predicted octanol–water partition coefficient (Wildman–Crippen LogP) is 0.523. The fraction of sp³-hybridized carbons (Fsp3) is 0.333. The van der Waals surface area contributed by atoms with Crippen LogP contribution in [-0.2, 0) is 18.4 Å². The van der Waals surface area contributed by atoms with Crippen molar-refractivity contribution >= 4 is 12.1 Å². The van der Waals surface area contributed by atoms with Crippen LogP contribution in [0, 0.1) is 19.8 Å². The monoisotopic (exact) mass is 278 g/mol. The first-order chi connectivity index (χ1) is 9.47. The van der Waals surface area contributed by atoms with E-state index in [4.69, 9.17) is 0 Å². The quantitative estimate of drug-likeness (QED) is 0.654. The number of amides is 1. The minimum Gasteiger partial charge on any atom is -0.271 e. The molecule has 0 saturated carbocycles. The van der Waals surface area contributed by atoms with Gasteiger partial charge in [-0.15, -0.1) is 0 Å². The van der Waals surface area contributed by atoms with Crippen LogP contribution in [-0.4, -0.2) is 31.7 Å². The lowest BCUT2D eigenvalue weighted by Gasteiger charge is -1.99.